The van der Waals surface area contributed by atoms with Gasteiger partial charge in [-0.3, -0.25) is 4.79 Å². The molecular weight excluding hydrogens is 416 g/mol. The third-order valence-electron chi connectivity index (χ3n) is 4.69. The maximum Gasteiger partial charge on any atom is 0.257 e. The second-order valence-electron chi connectivity index (χ2n) is 6.46. The van der Waals surface area contributed by atoms with Gasteiger partial charge in [0, 0.05) is 17.6 Å². The number of halogens is 2. The highest BCUT2D eigenvalue weighted by Crippen LogP contribution is 2.22. The number of amides is 1. The van der Waals surface area contributed by atoms with E-state index < -0.39 is 0 Å². The van der Waals surface area contributed by atoms with E-state index in [1.54, 1.807) is 6.07 Å². The number of benzene rings is 1. The molecule has 1 aliphatic heterocycles. The molecule has 1 saturated heterocycles. The van der Waals surface area contributed by atoms with Gasteiger partial charge in [-0.15, -0.1) is 12.4 Å². The van der Waals surface area contributed by atoms with E-state index in [0.717, 1.165) is 36.2 Å². The third-order valence-corrected chi connectivity index (χ3v) is 5.38. The largest absolute Gasteiger partial charge is 0.357 e. The fourth-order valence-electron chi connectivity index (χ4n) is 3.09. The maximum absolute atomic E-state index is 12.5. The number of likely N-dealkylation sites (tertiary alicyclic amines) is 1. The van der Waals surface area contributed by atoms with Gasteiger partial charge in [-0.05, 0) is 73.2 Å². The summed E-state index contributed by atoms with van der Waals surface area (Å²) >= 11 is 3.41. The van der Waals surface area contributed by atoms with Crippen molar-refractivity contribution in [3.63, 3.8) is 0 Å². The molecule has 7 heteroatoms. The van der Waals surface area contributed by atoms with Crippen molar-refractivity contribution in [3.8, 4) is 0 Å². The Kier molecular flexibility index (Phi) is 7.43. The number of aromatic nitrogens is 1. The summed E-state index contributed by atoms with van der Waals surface area (Å²) in [5, 5.41) is 2.89. The second-order valence-corrected chi connectivity index (χ2v) is 7.31. The van der Waals surface area contributed by atoms with E-state index in [0.29, 0.717) is 17.4 Å². The lowest BCUT2D eigenvalue weighted by atomic mass is 10.0. The zero-order valence-corrected chi connectivity index (χ0v) is 17.4. The number of hydrogen-bond donors (Lipinski definition) is 1. The van der Waals surface area contributed by atoms with Gasteiger partial charge in [0.1, 0.15) is 11.6 Å². The Morgan fingerprint density at radius 2 is 1.88 bits per heavy atom. The van der Waals surface area contributed by atoms with Crippen LogP contribution in [0.4, 0.5) is 11.6 Å². The molecule has 0 atom stereocenters. The van der Waals surface area contributed by atoms with E-state index in [4.69, 9.17) is 0 Å². The lowest BCUT2D eigenvalue weighted by Gasteiger charge is -2.35. The van der Waals surface area contributed by atoms with Crippen LogP contribution in [-0.4, -0.2) is 49.0 Å². The number of nitrogens with zero attached hydrogens (tertiary/aromatic N) is 3. The van der Waals surface area contributed by atoms with Crippen LogP contribution in [0.1, 0.15) is 23.2 Å². The van der Waals surface area contributed by atoms with Crippen LogP contribution in [0.25, 0.3) is 0 Å². The van der Waals surface area contributed by atoms with Crippen molar-refractivity contribution in [2.45, 2.75) is 18.9 Å². The zero-order valence-electron chi connectivity index (χ0n) is 15.0. The van der Waals surface area contributed by atoms with Crippen molar-refractivity contribution < 1.29 is 4.79 Å². The summed E-state index contributed by atoms with van der Waals surface area (Å²) in [6.07, 6.45) is 2.25. The minimum absolute atomic E-state index is 0. The lowest BCUT2D eigenvalue weighted by Crippen LogP contribution is -2.42. The molecule has 26 heavy (non-hydrogen) atoms. The molecule has 3 rings (SSSR count). The molecule has 0 radical (unpaired) electrons. The number of pyridine rings is 1. The van der Waals surface area contributed by atoms with Crippen LogP contribution in [0.15, 0.2) is 46.9 Å². The average molecular weight is 440 g/mol. The molecule has 0 unspecified atom stereocenters. The maximum atomic E-state index is 12.5. The molecule has 5 nitrogen and oxygen atoms in total. The Morgan fingerprint density at radius 3 is 2.58 bits per heavy atom. The van der Waals surface area contributed by atoms with Gasteiger partial charge in [0.2, 0.25) is 0 Å². The first kappa shape index (κ1) is 20.7. The zero-order chi connectivity index (χ0) is 17.8. The molecule has 1 fully saturated rings. The Morgan fingerprint density at radius 1 is 1.19 bits per heavy atom. The fourth-order valence-corrected chi connectivity index (χ4v) is 3.55. The van der Waals surface area contributed by atoms with E-state index in [-0.39, 0.29) is 18.3 Å². The Labute approximate surface area is 169 Å². The molecule has 1 amide bonds. The quantitative estimate of drug-likeness (QED) is 0.781. The summed E-state index contributed by atoms with van der Waals surface area (Å²) in [5.41, 5.74) is 0.596. The molecule has 0 spiro atoms. The molecule has 2 heterocycles. The molecule has 1 aliphatic rings. The topological polar surface area (TPSA) is 48.5 Å². The van der Waals surface area contributed by atoms with Crippen molar-refractivity contribution in [2.75, 3.05) is 37.4 Å². The van der Waals surface area contributed by atoms with Crippen molar-refractivity contribution >= 4 is 45.9 Å². The SMILES string of the molecule is CN1CCC(N(C)c2cccc(NC(=O)c3ccccc3Br)n2)CC1.Cl. The van der Waals surface area contributed by atoms with Crippen molar-refractivity contribution in [3.05, 3.63) is 52.5 Å². The van der Waals surface area contributed by atoms with Gasteiger partial charge < -0.3 is 15.1 Å². The van der Waals surface area contributed by atoms with Gasteiger partial charge in [-0.25, -0.2) is 4.98 Å². The monoisotopic (exact) mass is 438 g/mol. The third kappa shape index (κ3) is 4.96. The summed E-state index contributed by atoms with van der Waals surface area (Å²) in [6.45, 7) is 2.21. The summed E-state index contributed by atoms with van der Waals surface area (Å²) < 4.78 is 0.770. The van der Waals surface area contributed by atoms with Gasteiger partial charge in [0.25, 0.3) is 5.91 Å². The highest BCUT2D eigenvalue weighted by Gasteiger charge is 2.21. The van der Waals surface area contributed by atoms with Crippen LogP contribution in [0.2, 0.25) is 0 Å². The molecule has 2 aromatic rings. The Balaban J connectivity index is 0.00000243. The van der Waals surface area contributed by atoms with Gasteiger partial charge in [0.05, 0.1) is 5.56 Å². The molecule has 0 saturated carbocycles. The van der Waals surface area contributed by atoms with Crippen LogP contribution in [0.3, 0.4) is 0 Å². The second kappa shape index (κ2) is 9.35. The van der Waals surface area contributed by atoms with Gasteiger partial charge in [-0.2, -0.15) is 0 Å². The summed E-state index contributed by atoms with van der Waals surface area (Å²) in [4.78, 5) is 21.7. The van der Waals surface area contributed by atoms with Crippen molar-refractivity contribution in [1.82, 2.24) is 9.88 Å². The van der Waals surface area contributed by atoms with Crippen LogP contribution in [-0.2, 0) is 0 Å². The van der Waals surface area contributed by atoms with Crippen LogP contribution in [0, 0.1) is 0 Å². The van der Waals surface area contributed by atoms with Crippen molar-refractivity contribution in [1.29, 1.82) is 0 Å². The predicted octanol–water partition coefficient (Wildman–Crippen LogP) is 4.05. The number of rotatable bonds is 4. The predicted molar refractivity (Wildman–Crippen MR) is 113 cm³/mol. The highest BCUT2D eigenvalue weighted by molar-refractivity contribution is 9.10. The number of anilines is 2. The smallest absolute Gasteiger partial charge is 0.257 e. The number of nitrogens with one attached hydrogen (secondary N) is 1. The molecular formula is C19H24BrClN4O. The first-order valence-corrected chi connectivity index (χ1v) is 9.28. The molecule has 1 aromatic heterocycles. The first-order chi connectivity index (χ1) is 12.0. The van der Waals surface area contributed by atoms with E-state index in [1.165, 1.54) is 0 Å². The normalized spacial score (nSPS) is 15.2. The Hall–Kier alpha value is -1.63. The van der Waals surface area contributed by atoms with Gasteiger partial charge in [-0.1, -0.05) is 18.2 Å². The first-order valence-electron chi connectivity index (χ1n) is 8.49. The van der Waals surface area contributed by atoms with Crippen molar-refractivity contribution in [2.24, 2.45) is 0 Å². The van der Waals surface area contributed by atoms with Gasteiger partial charge in [0.15, 0.2) is 0 Å². The molecule has 0 bridgehead atoms. The number of carbonyl (C=O) groups excluding carboxylic acids is 1. The van der Waals surface area contributed by atoms with E-state index in [9.17, 15) is 4.79 Å². The Bertz CT molecular complexity index is 750. The standard InChI is InChI=1S/C19H23BrN4O.ClH/c1-23-12-10-14(11-13-23)24(2)18-9-5-8-17(21-18)22-19(25)15-6-3-4-7-16(15)20;/h3-9,14H,10-13H2,1-2H3,(H,21,22,25);1H. The molecule has 1 N–H and O–H groups in total. The van der Waals surface area contributed by atoms with E-state index in [1.807, 2.05) is 36.4 Å². The van der Waals surface area contributed by atoms with Crippen LogP contribution < -0.4 is 10.2 Å². The van der Waals surface area contributed by atoms with Crippen LogP contribution in [0.5, 0.6) is 0 Å². The van der Waals surface area contributed by atoms with Crippen LogP contribution >= 0.6 is 28.3 Å². The minimum Gasteiger partial charge on any atom is -0.357 e. The summed E-state index contributed by atoms with van der Waals surface area (Å²) in [5.74, 6) is 1.29. The molecule has 1 aromatic carbocycles. The number of hydrogen-bond acceptors (Lipinski definition) is 4. The lowest BCUT2D eigenvalue weighted by molar-refractivity contribution is 0.102. The molecule has 0 aliphatic carbocycles. The average Bonchev–Trinajstić information content (AvgIpc) is 2.62. The summed E-state index contributed by atoms with van der Waals surface area (Å²) in [7, 11) is 4.24. The number of carbonyl (C=O) groups is 1. The molecule has 140 valence electrons. The minimum atomic E-state index is -0.168. The van der Waals surface area contributed by atoms with Gasteiger partial charge >= 0.3 is 0 Å². The highest BCUT2D eigenvalue weighted by atomic mass is 79.9. The van der Waals surface area contributed by atoms with E-state index in [2.05, 4.69) is 50.1 Å². The number of piperidine rings is 1. The fraction of sp³-hybridized carbons (Fsp3) is 0.368. The van der Waals surface area contributed by atoms with E-state index >= 15 is 0 Å². The summed E-state index contributed by atoms with van der Waals surface area (Å²) in [6, 6.07) is 13.6.